The molecule has 2 rings (SSSR count). The Morgan fingerprint density at radius 3 is 2.57 bits per heavy atom. The molecular formula is C18H29NO2. The zero-order valence-corrected chi connectivity index (χ0v) is 13.8. The molecule has 1 aliphatic rings. The molecule has 118 valence electrons. The van der Waals surface area contributed by atoms with E-state index in [0.29, 0.717) is 6.04 Å². The van der Waals surface area contributed by atoms with Gasteiger partial charge in [-0.1, -0.05) is 25.8 Å². The Labute approximate surface area is 129 Å². The van der Waals surface area contributed by atoms with E-state index in [0.717, 1.165) is 36.3 Å². The van der Waals surface area contributed by atoms with Crippen LogP contribution in [0.4, 0.5) is 0 Å². The summed E-state index contributed by atoms with van der Waals surface area (Å²) in [4.78, 5) is 0. The number of hydrogen-bond acceptors (Lipinski definition) is 3. The van der Waals surface area contributed by atoms with Crippen LogP contribution >= 0.6 is 0 Å². The number of benzene rings is 1. The maximum absolute atomic E-state index is 5.37. The van der Waals surface area contributed by atoms with Crippen LogP contribution in [0.2, 0.25) is 0 Å². The molecule has 1 saturated carbocycles. The summed E-state index contributed by atoms with van der Waals surface area (Å²) < 4.78 is 10.7. The summed E-state index contributed by atoms with van der Waals surface area (Å²) in [5.74, 6) is 3.34. The van der Waals surface area contributed by atoms with Gasteiger partial charge < -0.3 is 14.8 Å². The second-order valence-corrected chi connectivity index (χ2v) is 6.37. The van der Waals surface area contributed by atoms with Crippen LogP contribution in [0, 0.1) is 11.8 Å². The van der Waals surface area contributed by atoms with Crippen LogP contribution in [0.5, 0.6) is 11.5 Å². The van der Waals surface area contributed by atoms with Gasteiger partial charge in [0, 0.05) is 6.04 Å². The molecular weight excluding hydrogens is 262 g/mol. The summed E-state index contributed by atoms with van der Waals surface area (Å²) in [7, 11) is 3.36. The first-order chi connectivity index (χ1) is 10.1. The lowest BCUT2D eigenvalue weighted by atomic mass is 9.97. The molecule has 0 spiro atoms. The standard InChI is InChI=1S/C18H29NO2/c1-13-6-5-7-16(13)12-19-14(2)10-15-8-9-17(20-3)18(11-15)21-4/h8-9,11,13-14,16,19H,5-7,10,12H2,1-4H3. The Kier molecular flexibility index (Phi) is 5.92. The van der Waals surface area contributed by atoms with Gasteiger partial charge in [0.05, 0.1) is 14.2 Å². The second kappa shape index (κ2) is 7.69. The van der Waals surface area contributed by atoms with Gasteiger partial charge in [-0.15, -0.1) is 0 Å². The number of ether oxygens (including phenoxy) is 2. The third-order valence-electron chi connectivity index (χ3n) is 4.76. The van der Waals surface area contributed by atoms with E-state index in [4.69, 9.17) is 9.47 Å². The minimum Gasteiger partial charge on any atom is -0.493 e. The molecule has 0 bridgehead atoms. The van der Waals surface area contributed by atoms with Gasteiger partial charge in [0.25, 0.3) is 0 Å². The number of nitrogens with one attached hydrogen (secondary N) is 1. The van der Waals surface area contributed by atoms with Crippen molar-refractivity contribution in [3.05, 3.63) is 23.8 Å². The van der Waals surface area contributed by atoms with Crippen molar-refractivity contribution in [2.24, 2.45) is 11.8 Å². The van der Waals surface area contributed by atoms with Crippen LogP contribution in [0.25, 0.3) is 0 Å². The highest BCUT2D eigenvalue weighted by atomic mass is 16.5. The fourth-order valence-corrected chi connectivity index (χ4v) is 3.31. The van der Waals surface area contributed by atoms with Gasteiger partial charge in [-0.2, -0.15) is 0 Å². The van der Waals surface area contributed by atoms with Crippen LogP contribution in [0.3, 0.4) is 0 Å². The van der Waals surface area contributed by atoms with E-state index in [-0.39, 0.29) is 0 Å². The summed E-state index contributed by atoms with van der Waals surface area (Å²) >= 11 is 0. The van der Waals surface area contributed by atoms with Crippen LogP contribution < -0.4 is 14.8 Å². The fraction of sp³-hybridized carbons (Fsp3) is 0.667. The molecule has 3 atom stereocenters. The van der Waals surface area contributed by atoms with Crippen molar-refractivity contribution in [3.8, 4) is 11.5 Å². The highest BCUT2D eigenvalue weighted by molar-refractivity contribution is 5.43. The molecule has 21 heavy (non-hydrogen) atoms. The molecule has 3 unspecified atom stereocenters. The van der Waals surface area contributed by atoms with Gasteiger partial charge in [-0.3, -0.25) is 0 Å². The molecule has 1 aromatic carbocycles. The molecule has 0 radical (unpaired) electrons. The predicted octanol–water partition coefficient (Wildman–Crippen LogP) is 3.66. The third kappa shape index (κ3) is 4.37. The Morgan fingerprint density at radius 2 is 1.95 bits per heavy atom. The fourth-order valence-electron chi connectivity index (χ4n) is 3.31. The molecule has 3 nitrogen and oxygen atoms in total. The van der Waals surface area contributed by atoms with Gasteiger partial charge in [0.15, 0.2) is 11.5 Å². The highest BCUT2D eigenvalue weighted by Crippen LogP contribution is 2.31. The average Bonchev–Trinajstić information content (AvgIpc) is 2.90. The molecule has 3 heteroatoms. The number of rotatable bonds is 7. The SMILES string of the molecule is COc1ccc(CC(C)NCC2CCCC2C)cc1OC. The van der Waals surface area contributed by atoms with Crippen molar-refractivity contribution in [3.63, 3.8) is 0 Å². The van der Waals surface area contributed by atoms with Gasteiger partial charge in [-0.25, -0.2) is 0 Å². The molecule has 1 N–H and O–H groups in total. The van der Waals surface area contributed by atoms with Gasteiger partial charge in [0.2, 0.25) is 0 Å². The van der Waals surface area contributed by atoms with Crippen molar-refractivity contribution in [1.82, 2.24) is 5.32 Å². The zero-order valence-electron chi connectivity index (χ0n) is 13.8. The molecule has 0 aliphatic heterocycles. The minimum atomic E-state index is 0.482. The smallest absolute Gasteiger partial charge is 0.160 e. The molecule has 1 aliphatic carbocycles. The maximum atomic E-state index is 5.37. The Hall–Kier alpha value is -1.22. The predicted molar refractivity (Wildman–Crippen MR) is 87.2 cm³/mol. The van der Waals surface area contributed by atoms with Gasteiger partial charge in [-0.05, 0) is 55.8 Å². The Bertz CT molecular complexity index is 447. The van der Waals surface area contributed by atoms with Gasteiger partial charge >= 0.3 is 0 Å². The molecule has 0 aromatic heterocycles. The van der Waals surface area contributed by atoms with Crippen molar-refractivity contribution in [2.75, 3.05) is 20.8 Å². The average molecular weight is 291 g/mol. The van der Waals surface area contributed by atoms with E-state index in [1.807, 2.05) is 6.07 Å². The van der Waals surface area contributed by atoms with E-state index < -0.39 is 0 Å². The summed E-state index contributed by atoms with van der Waals surface area (Å²) in [6, 6.07) is 6.67. The Morgan fingerprint density at radius 1 is 1.19 bits per heavy atom. The topological polar surface area (TPSA) is 30.5 Å². The molecule has 0 saturated heterocycles. The monoisotopic (exact) mass is 291 g/mol. The lowest BCUT2D eigenvalue weighted by molar-refractivity contribution is 0.353. The third-order valence-corrected chi connectivity index (χ3v) is 4.76. The summed E-state index contributed by atoms with van der Waals surface area (Å²) in [5.41, 5.74) is 1.28. The zero-order chi connectivity index (χ0) is 15.2. The van der Waals surface area contributed by atoms with E-state index >= 15 is 0 Å². The molecule has 0 amide bonds. The van der Waals surface area contributed by atoms with Crippen LogP contribution in [0.15, 0.2) is 18.2 Å². The van der Waals surface area contributed by atoms with E-state index in [2.05, 4.69) is 31.3 Å². The van der Waals surface area contributed by atoms with Crippen molar-refractivity contribution in [2.45, 2.75) is 45.6 Å². The minimum absolute atomic E-state index is 0.482. The Balaban J connectivity index is 1.85. The summed E-state index contributed by atoms with van der Waals surface area (Å²) in [6.45, 7) is 5.80. The first-order valence-corrected chi connectivity index (χ1v) is 8.08. The van der Waals surface area contributed by atoms with Crippen LogP contribution in [0.1, 0.15) is 38.7 Å². The molecule has 0 heterocycles. The highest BCUT2D eigenvalue weighted by Gasteiger charge is 2.23. The quantitative estimate of drug-likeness (QED) is 0.831. The summed E-state index contributed by atoms with van der Waals surface area (Å²) in [5, 5.41) is 3.70. The second-order valence-electron chi connectivity index (χ2n) is 6.37. The van der Waals surface area contributed by atoms with Gasteiger partial charge in [0.1, 0.15) is 0 Å². The lowest BCUT2D eigenvalue weighted by Crippen LogP contribution is -2.33. The van der Waals surface area contributed by atoms with Crippen molar-refractivity contribution < 1.29 is 9.47 Å². The number of methoxy groups -OCH3 is 2. The van der Waals surface area contributed by atoms with Crippen LogP contribution in [-0.2, 0) is 6.42 Å². The summed E-state index contributed by atoms with van der Waals surface area (Å²) in [6.07, 6.45) is 5.20. The first kappa shape index (κ1) is 16.2. The number of hydrogen-bond donors (Lipinski definition) is 1. The van der Waals surface area contributed by atoms with Crippen molar-refractivity contribution >= 4 is 0 Å². The van der Waals surface area contributed by atoms with E-state index in [9.17, 15) is 0 Å². The maximum Gasteiger partial charge on any atom is 0.160 e. The lowest BCUT2D eigenvalue weighted by Gasteiger charge is -2.20. The molecule has 1 fully saturated rings. The first-order valence-electron chi connectivity index (χ1n) is 8.08. The van der Waals surface area contributed by atoms with E-state index in [1.54, 1.807) is 14.2 Å². The molecule has 1 aromatic rings. The normalized spacial score (nSPS) is 23.0. The van der Waals surface area contributed by atoms with Crippen molar-refractivity contribution in [1.29, 1.82) is 0 Å². The van der Waals surface area contributed by atoms with Crippen LogP contribution in [-0.4, -0.2) is 26.8 Å². The largest absolute Gasteiger partial charge is 0.493 e. The van der Waals surface area contributed by atoms with E-state index in [1.165, 1.54) is 24.8 Å².